The van der Waals surface area contributed by atoms with Crippen molar-refractivity contribution in [1.29, 1.82) is 0 Å². The lowest BCUT2D eigenvalue weighted by Gasteiger charge is -2.23. The van der Waals surface area contributed by atoms with Crippen LogP contribution in [-0.4, -0.2) is 10.1 Å². The van der Waals surface area contributed by atoms with E-state index in [1.807, 2.05) is 48.5 Å². The van der Waals surface area contributed by atoms with Gasteiger partial charge in [-0.3, -0.25) is 4.98 Å². The first-order valence-electron chi connectivity index (χ1n) is 7.38. The van der Waals surface area contributed by atoms with Gasteiger partial charge >= 0.3 is 0 Å². The summed E-state index contributed by atoms with van der Waals surface area (Å²) in [6.45, 7) is 0. The Hall–Kier alpha value is -2.19. The molecule has 1 aliphatic rings. The Labute approximate surface area is 124 Å². The quantitative estimate of drug-likeness (QED) is 0.783. The van der Waals surface area contributed by atoms with Gasteiger partial charge in [0.1, 0.15) is 0 Å². The maximum absolute atomic E-state index is 10.9. The smallest absolute Gasteiger partial charge is 0.0887 e. The molecule has 0 spiro atoms. The van der Waals surface area contributed by atoms with Crippen LogP contribution in [0.3, 0.4) is 0 Å². The van der Waals surface area contributed by atoms with Gasteiger partial charge in [0.05, 0.1) is 11.6 Å². The zero-order valence-corrected chi connectivity index (χ0v) is 11.7. The molecule has 1 aromatic heterocycles. The Morgan fingerprint density at radius 1 is 0.952 bits per heavy atom. The molecular weight excluding hydrogens is 258 g/mol. The van der Waals surface area contributed by atoms with E-state index < -0.39 is 6.10 Å². The van der Waals surface area contributed by atoms with Crippen molar-refractivity contribution in [3.05, 3.63) is 78.0 Å². The number of nitrogens with zero attached hydrogens (tertiary/aromatic N) is 1. The number of fused-ring (bicyclic) bond motifs is 1. The third-order valence-corrected chi connectivity index (χ3v) is 4.61. The third kappa shape index (κ3) is 2.03. The van der Waals surface area contributed by atoms with E-state index in [1.54, 1.807) is 6.20 Å². The fourth-order valence-corrected chi connectivity index (χ4v) is 3.20. The van der Waals surface area contributed by atoms with Gasteiger partial charge in [0.25, 0.3) is 0 Å². The fourth-order valence-electron chi connectivity index (χ4n) is 3.20. The molecule has 0 aliphatic heterocycles. The minimum atomic E-state index is -0.466. The summed E-state index contributed by atoms with van der Waals surface area (Å²) in [6, 6.07) is 20.4. The van der Waals surface area contributed by atoms with Crippen LogP contribution in [-0.2, 0) is 5.41 Å². The average Bonchev–Trinajstić information content (AvgIpc) is 3.36. The summed E-state index contributed by atoms with van der Waals surface area (Å²) in [5.41, 5.74) is 3.03. The van der Waals surface area contributed by atoms with Gasteiger partial charge in [-0.25, -0.2) is 0 Å². The lowest BCUT2D eigenvalue weighted by molar-refractivity contribution is 0.133. The molecular formula is C19H17NO. The van der Waals surface area contributed by atoms with Gasteiger partial charge in [-0.05, 0) is 36.1 Å². The summed E-state index contributed by atoms with van der Waals surface area (Å²) >= 11 is 0. The Bertz CT molecular complexity index is 778. The molecule has 2 nitrogen and oxygen atoms in total. The number of aliphatic hydroxyl groups is 1. The topological polar surface area (TPSA) is 33.1 Å². The molecule has 3 aromatic rings. The number of hydrogen-bond donors (Lipinski definition) is 1. The zero-order chi connectivity index (χ0) is 14.3. The second kappa shape index (κ2) is 4.68. The van der Waals surface area contributed by atoms with Crippen molar-refractivity contribution in [3.8, 4) is 0 Å². The molecule has 0 saturated heterocycles. The Balaban J connectivity index is 1.75. The van der Waals surface area contributed by atoms with Crippen LogP contribution in [0.5, 0.6) is 0 Å². The number of pyridine rings is 1. The SMILES string of the molecule is OC(c1ccc2cccnc2c1)C1(c2ccccc2)CC1. The van der Waals surface area contributed by atoms with E-state index in [1.165, 1.54) is 5.56 Å². The van der Waals surface area contributed by atoms with Gasteiger partial charge in [-0.15, -0.1) is 0 Å². The van der Waals surface area contributed by atoms with Crippen LogP contribution in [0.25, 0.3) is 10.9 Å². The Morgan fingerprint density at radius 3 is 2.52 bits per heavy atom. The molecule has 1 N–H and O–H groups in total. The number of benzene rings is 2. The van der Waals surface area contributed by atoms with Crippen molar-refractivity contribution in [1.82, 2.24) is 4.98 Å². The van der Waals surface area contributed by atoms with Gasteiger partial charge in [-0.1, -0.05) is 48.5 Å². The first-order chi connectivity index (χ1) is 10.3. The second-order valence-corrected chi connectivity index (χ2v) is 5.88. The number of aromatic nitrogens is 1. The van der Waals surface area contributed by atoms with Crippen LogP contribution >= 0.6 is 0 Å². The largest absolute Gasteiger partial charge is 0.387 e. The van der Waals surface area contributed by atoms with Crippen LogP contribution < -0.4 is 0 Å². The van der Waals surface area contributed by atoms with E-state index in [-0.39, 0.29) is 5.41 Å². The number of aliphatic hydroxyl groups excluding tert-OH is 1. The van der Waals surface area contributed by atoms with Crippen LogP contribution in [0.2, 0.25) is 0 Å². The van der Waals surface area contributed by atoms with E-state index in [4.69, 9.17) is 0 Å². The molecule has 1 saturated carbocycles. The highest BCUT2D eigenvalue weighted by Crippen LogP contribution is 2.56. The van der Waals surface area contributed by atoms with Crippen LogP contribution in [0, 0.1) is 0 Å². The molecule has 1 fully saturated rings. The van der Waals surface area contributed by atoms with Gasteiger partial charge in [-0.2, -0.15) is 0 Å². The Kier molecular flexibility index (Phi) is 2.79. The van der Waals surface area contributed by atoms with Crippen molar-refractivity contribution in [2.45, 2.75) is 24.4 Å². The van der Waals surface area contributed by atoms with Crippen LogP contribution in [0.4, 0.5) is 0 Å². The standard InChI is InChI=1S/C19H17NO/c21-18(19(10-11-19)16-6-2-1-3-7-16)15-9-8-14-5-4-12-20-17(14)13-15/h1-9,12-13,18,21H,10-11H2. The summed E-state index contributed by atoms with van der Waals surface area (Å²) in [5.74, 6) is 0. The van der Waals surface area contributed by atoms with E-state index in [9.17, 15) is 5.11 Å². The highest BCUT2D eigenvalue weighted by molar-refractivity contribution is 5.79. The van der Waals surface area contributed by atoms with Gasteiger partial charge in [0.15, 0.2) is 0 Å². The lowest BCUT2D eigenvalue weighted by atomic mass is 9.86. The third-order valence-electron chi connectivity index (χ3n) is 4.61. The van der Waals surface area contributed by atoms with Crippen molar-refractivity contribution in [3.63, 3.8) is 0 Å². The molecule has 0 radical (unpaired) electrons. The predicted octanol–water partition coefficient (Wildman–Crippen LogP) is 4.00. The second-order valence-electron chi connectivity index (χ2n) is 5.88. The maximum atomic E-state index is 10.9. The van der Waals surface area contributed by atoms with E-state index in [0.717, 1.165) is 29.3 Å². The van der Waals surface area contributed by atoms with Crippen molar-refractivity contribution < 1.29 is 5.11 Å². The lowest BCUT2D eigenvalue weighted by Crippen LogP contribution is -2.18. The van der Waals surface area contributed by atoms with E-state index >= 15 is 0 Å². The molecule has 1 atom stereocenters. The summed E-state index contributed by atoms with van der Waals surface area (Å²) in [6.07, 6.45) is 3.41. The van der Waals surface area contributed by atoms with Gasteiger partial charge in [0.2, 0.25) is 0 Å². The van der Waals surface area contributed by atoms with E-state index in [2.05, 4.69) is 17.1 Å². The predicted molar refractivity (Wildman–Crippen MR) is 84.1 cm³/mol. The van der Waals surface area contributed by atoms with E-state index in [0.29, 0.717) is 0 Å². The minimum Gasteiger partial charge on any atom is -0.387 e. The highest BCUT2D eigenvalue weighted by Gasteiger charge is 2.50. The fraction of sp³-hybridized carbons (Fsp3) is 0.211. The van der Waals surface area contributed by atoms with Crippen molar-refractivity contribution >= 4 is 10.9 Å². The molecule has 2 heteroatoms. The summed E-state index contributed by atoms with van der Waals surface area (Å²) in [4.78, 5) is 4.39. The molecule has 0 bridgehead atoms. The molecule has 1 aliphatic carbocycles. The number of rotatable bonds is 3. The minimum absolute atomic E-state index is 0.107. The zero-order valence-electron chi connectivity index (χ0n) is 11.7. The molecule has 1 unspecified atom stereocenters. The molecule has 1 heterocycles. The van der Waals surface area contributed by atoms with Crippen LogP contribution in [0.15, 0.2) is 66.9 Å². The molecule has 2 aromatic carbocycles. The Morgan fingerprint density at radius 2 is 1.76 bits per heavy atom. The molecule has 4 rings (SSSR count). The number of hydrogen-bond acceptors (Lipinski definition) is 2. The van der Waals surface area contributed by atoms with Crippen molar-refractivity contribution in [2.24, 2.45) is 0 Å². The normalized spacial score (nSPS) is 17.6. The average molecular weight is 275 g/mol. The maximum Gasteiger partial charge on any atom is 0.0887 e. The monoisotopic (exact) mass is 275 g/mol. The van der Waals surface area contributed by atoms with Gasteiger partial charge < -0.3 is 5.11 Å². The molecule has 0 amide bonds. The van der Waals surface area contributed by atoms with Crippen molar-refractivity contribution in [2.75, 3.05) is 0 Å². The molecule has 21 heavy (non-hydrogen) atoms. The summed E-state index contributed by atoms with van der Waals surface area (Å²) < 4.78 is 0. The first kappa shape index (κ1) is 12.5. The summed E-state index contributed by atoms with van der Waals surface area (Å²) in [5, 5.41) is 12.0. The highest BCUT2D eigenvalue weighted by atomic mass is 16.3. The molecule has 104 valence electrons. The van der Waals surface area contributed by atoms with Gasteiger partial charge in [0, 0.05) is 17.0 Å². The summed E-state index contributed by atoms with van der Waals surface area (Å²) in [7, 11) is 0. The first-order valence-corrected chi connectivity index (χ1v) is 7.38. The van der Waals surface area contributed by atoms with Crippen LogP contribution in [0.1, 0.15) is 30.1 Å².